The fourth-order valence-corrected chi connectivity index (χ4v) is 2.19. The van der Waals surface area contributed by atoms with Gasteiger partial charge in [0.15, 0.2) is 15.8 Å². The van der Waals surface area contributed by atoms with Crippen molar-refractivity contribution in [3.05, 3.63) is 0 Å². The van der Waals surface area contributed by atoms with Crippen LogP contribution in [0.25, 0.3) is 0 Å². The van der Waals surface area contributed by atoms with Crippen LogP contribution in [0.15, 0.2) is 4.99 Å². The Morgan fingerprint density at radius 1 is 1.24 bits per heavy atom. The molecule has 0 saturated heterocycles. The highest BCUT2D eigenvalue weighted by Crippen LogP contribution is 1.93. The summed E-state index contributed by atoms with van der Waals surface area (Å²) in [4.78, 5) is 4.40. The van der Waals surface area contributed by atoms with Gasteiger partial charge < -0.3 is 15.4 Å². The highest BCUT2D eigenvalue weighted by Gasteiger charge is 2.07. The zero-order valence-electron chi connectivity index (χ0n) is 13.8. The van der Waals surface area contributed by atoms with Gasteiger partial charge in [-0.1, -0.05) is 20.8 Å². The van der Waals surface area contributed by atoms with E-state index in [1.165, 1.54) is 0 Å². The first-order chi connectivity index (χ1) is 9.91. The highest BCUT2D eigenvalue weighted by atomic mass is 32.2. The molecule has 0 atom stereocenters. The summed E-state index contributed by atoms with van der Waals surface area (Å²) in [6.45, 7) is 11.1. The van der Waals surface area contributed by atoms with Gasteiger partial charge >= 0.3 is 0 Å². The summed E-state index contributed by atoms with van der Waals surface area (Å²) in [5.74, 6) is 1.52. The molecule has 0 heterocycles. The second-order valence-corrected chi connectivity index (χ2v) is 7.72. The molecule has 7 heteroatoms. The maximum atomic E-state index is 11.4. The summed E-state index contributed by atoms with van der Waals surface area (Å²) >= 11 is 0. The molecule has 2 N–H and O–H groups in total. The number of ether oxygens (including phenoxy) is 1. The zero-order chi connectivity index (χ0) is 16.1. The monoisotopic (exact) mass is 321 g/mol. The molecule has 0 rings (SSSR count). The van der Waals surface area contributed by atoms with Crippen LogP contribution in [0.1, 0.15) is 34.1 Å². The second kappa shape index (κ2) is 11.8. The SMILES string of the molecule is CCNC(=NCCCOCC(C)C)NCCS(=O)(=O)CC. The van der Waals surface area contributed by atoms with Gasteiger partial charge in [-0.05, 0) is 19.3 Å². The molecule has 0 amide bonds. The van der Waals surface area contributed by atoms with Gasteiger partial charge in [-0.15, -0.1) is 0 Å². The van der Waals surface area contributed by atoms with Crippen molar-refractivity contribution in [3.8, 4) is 0 Å². The Kier molecular flexibility index (Phi) is 11.3. The molecule has 0 unspecified atom stereocenters. The minimum Gasteiger partial charge on any atom is -0.381 e. The Labute approximate surface area is 129 Å². The second-order valence-electron chi connectivity index (χ2n) is 5.25. The molecule has 6 nitrogen and oxygen atoms in total. The molecule has 21 heavy (non-hydrogen) atoms. The summed E-state index contributed by atoms with van der Waals surface area (Å²) < 4.78 is 28.3. The normalized spacial score (nSPS) is 12.7. The van der Waals surface area contributed by atoms with Crippen molar-refractivity contribution in [2.45, 2.75) is 34.1 Å². The number of hydrogen-bond donors (Lipinski definition) is 2. The minimum absolute atomic E-state index is 0.130. The third-order valence-corrected chi connectivity index (χ3v) is 4.36. The molecular weight excluding hydrogens is 290 g/mol. The minimum atomic E-state index is -2.94. The Balaban J connectivity index is 3.96. The smallest absolute Gasteiger partial charge is 0.191 e. The van der Waals surface area contributed by atoms with Crippen LogP contribution in [0.3, 0.4) is 0 Å². The van der Waals surface area contributed by atoms with Crippen molar-refractivity contribution < 1.29 is 13.2 Å². The van der Waals surface area contributed by atoms with Crippen molar-refractivity contribution in [1.82, 2.24) is 10.6 Å². The topological polar surface area (TPSA) is 79.8 Å². The zero-order valence-corrected chi connectivity index (χ0v) is 14.6. The van der Waals surface area contributed by atoms with E-state index in [-0.39, 0.29) is 11.5 Å². The number of nitrogens with zero attached hydrogens (tertiary/aromatic N) is 1. The van der Waals surface area contributed by atoms with Crippen LogP contribution in [-0.2, 0) is 14.6 Å². The summed E-state index contributed by atoms with van der Waals surface area (Å²) in [7, 11) is -2.94. The number of hydrogen-bond acceptors (Lipinski definition) is 4. The maximum Gasteiger partial charge on any atom is 0.191 e. The molecular formula is C14H31N3O3S. The van der Waals surface area contributed by atoms with E-state index in [9.17, 15) is 8.42 Å². The van der Waals surface area contributed by atoms with Gasteiger partial charge in [-0.25, -0.2) is 8.42 Å². The lowest BCUT2D eigenvalue weighted by molar-refractivity contribution is 0.109. The van der Waals surface area contributed by atoms with E-state index in [0.29, 0.717) is 31.6 Å². The van der Waals surface area contributed by atoms with Crippen LogP contribution < -0.4 is 10.6 Å². The van der Waals surface area contributed by atoms with Crippen molar-refractivity contribution in [2.75, 3.05) is 44.4 Å². The number of nitrogens with one attached hydrogen (secondary N) is 2. The van der Waals surface area contributed by atoms with Crippen molar-refractivity contribution in [3.63, 3.8) is 0 Å². The molecule has 0 aliphatic heterocycles. The van der Waals surface area contributed by atoms with Gasteiger partial charge in [-0.2, -0.15) is 0 Å². The molecule has 0 saturated carbocycles. The molecule has 0 bridgehead atoms. The fourth-order valence-electron chi connectivity index (χ4n) is 1.49. The highest BCUT2D eigenvalue weighted by molar-refractivity contribution is 7.91. The number of rotatable bonds is 11. The molecule has 0 fully saturated rings. The van der Waals surface area contributed by atoms with E-state index in [1.54, 1.807) is 6.92 Å². The lowest BCUT2D eigenvalue weighted by atomic mass is 10.2. The Bertz CT molecular complexity index is 381. The maximum absolute atomic E-state index is 11.4. The van der Waals surface area contributed by atoms with E-state index in [2.05, 4.69) is 29.5 Å². The standard InChI is InChI=1S/C14H31N3O3S/c1-5-15-14(17-9-11-21(18,19)6-2)16-8-7-10-20-12-13(3)4/h13H,5-12H2,1-4H3,(H2,15,16,17). The summed E-state index contributed by atoms with van der Waals surface area (Å²) in [5.41, 5.74) is 0. The predicted molar refractivity (Wildman–Crippen MR) is 88.6 cm³/mol. The largest absolute Gasteiger partial charge is 0.381 e. The first kappa shape index (κ1) is 20.2. The first-order valence-electron chi connectivity index (χ1n) is 7.71. The molecule has 0 aliphatic rings. The predicted octanol–water partition coefficient (Wildman–Crippen LogP) is 1.04. The lowest BCUT2D eigenvalue weighted by Crippen LogP contribution is -2.39. The quantitative estimate of drug-likeness (QED) is 0.338. The van der Waals surface area contributed by atoms with E-state index in [0.717, 1.165) is 19.6 Å². The Hall–Kier alpha value is -0.820. The Morgan fingerprint density at radius 3 is 2.52 bits per heavy atom. The molecule has 0 aliphatic carbocycles. The summed E-state index contributed by atoms with van der Waals surface area (Å²) in [6.07, 6.45) is 0.858. The summed E-state index contributed by atoms with van der Waals surface area (Å²) in [5, 5.41) is 6.14. The van der Waals surface area contributed by atoms with E-state index in [1.807, 2.05) is 6.92 Å². The molecule has 0 aromatic carbocycles. The van der Waals surface area contributed by atoms with E-state index >= 15 is 0 Å². The van der Waals surface area contributed by atoms with E-state index < -0.39 is 9.84 Å². The van der Waals surface area contributed by atoms with Gasteiger partial charge in [0.05, 0.1) is 5.75 Å². The number of guanidine groups is 1. The van der Waals surface area contributed by atoms with Gasteiger partial charge in [0.25, 0.3) is 0 Å². The summed E-state index contributed by atoms with van der Waals surface area (Å²) in [6, 6.07) is 0. The van der Waals surface area contributed by atoms with Crippen LogP contribution in [0.2, 0.25) is 0 Å². The first-order valence-corrected chi connectivity index (χ1v) is 9.53. The molecule has 0 spiro atoms. The van der Waals surface area contributed by atoms with Gasteiger partial charge in [-0.3, -0.25) is 4.99 Å². The van der Waals surface area contributed by atoms with Crippen molar-refractivity contribution in [1.29, 1.82) is 0 Å². The number of aliphatic imine (C=N–C) groups is 1. The van der Waals surface area contributed by atoms with Crippen molar-refractivity contribution in [2.24, 2.45) is 10.9 Å². The van der Waals surface area contributed by atoms with E-state index in [4.69, 9.17) is 4.74 Å². The molecule has 0 aromatic heterocycles. The third kappa shape index (κ3) is 12.6. The van der Waals surface area contributed by atoms with Crippen LogP contribution in [0, 0.1) is 5.92 Å². The van der Waals surface area contributed by atoms with Gasteiger partial charge in [0, 0.05) is 38.6 Å². The van der Waals surface area contributed by atoms with Crippen LogP contribution >= 0.6 is 0 Å². The average Bonchev–Trinajstić information content (AvgIpc) is 2.42. The average molecular weight is 321 g/mol. The van der Waals surface area contributed by atoms with Gasteiger partial charge in [0.2, 0.25) is 0 Å². The third-order valence-electron chi connectivity index (χ3n) is 2.66. The number of sulfone groups is 1. The Morgan fingerprint density at radius 2 is 1.95 bits per heavy atom. The van der Waals surface area contributed by atoms with Crippen molar-refractivity contribution >= 4 is 15.8 Å². The van der Waals surface area contributed by atoms with Crippen LogP contribution in [0.4, 0.5) is 0 Å². The molecule has 0 radical (unpaired) electrons. The van der Waals surface area contributed by atoms with Crippen LogP contribution in [-0.4, -0.2) is 58.7 Å². The van der Waals surface area contributed by atoms with Crippen LogP contribution in [0.5, 0.6) is 0 Å². The lowest BCUT2D eigenvalue weighted by Gasteiger charge is -2.11. The molecule has 0 aromatic rings. The fraction of sp³-hybridized carbons (Fsp3) is 0.929. The van der Waals surface area contributed by atoms with Gasteiger partial charge in [0.1, 0.15) is 0 Å². The molecule has 126 valence electrons.